The van der Waals surface area contributed by atoms with Gasteiger partial charge < -0.3 is 77.5 Å². The topological polar surface area (TPSA) is 269 Å². The second kappa shape index (κ2) is 33.9. The molecule has 0 aliphatic rings. The van der Waals surface area contributed by atoms with Crippen LogP contribution in [0.1, 0.15) is 154 Å². The van der Waals surface area contributed by atoms with Crippen molar-refractivity contribution in [2.45, 2.75) is 194 Å². The van der Waals surface area contributed by atoms with Crippen LogP contribution in [0.25, 0.3) is 0 Å². The Kier molecular flexibility index (Phi) is 32.5. The largest absolute Gasteiger partial charge is 0.375 e. The van der Waals surface area contributed by atoms with Crippen LogP contribution in [-0.4, -0.2) is 150 Å². The van der Waals surface area contributed by atoms with E-state index < -0.39 is 28.0 Å². The number of hydrogen-bond donors (Lipinski definition) is 10. The Bertz CT molecular complexity index is 1320. The summed E-state index contributed by atoms with van der Waals surface area (Å²) in [5.41, 5.74) is 14.0. The monoisotopic (exact) mass is 963 g/mol. The minimum atomic E-state index is -0.575. The highest BCUT2D eigenvalue weighted by Crippen LogP contribution is 2.35. The first kappa shape index (κ1) is 64.4. The molecule has 0 spiro atoms. The van der Waals surface area contributed by atoms with Crippen LogP contribution in [0.2, 0.25) is 0 Å². The first-order chi connectivity index (χ1) is 31.2. The summed E-state index contributed by atoms with van der Waals surface area (Å²) in [7, 11) is 0. The molecule has 0 aromatic heterocycles. The zero-order valence-electron chi connectivity index (χ0n) is 44.5. The Balaban J connectivity index is 5.48. The van der Waals surface area contributed by atoms with E-state index in [4.69, 9.17) is 45.6 Å². The lowest BCUT2D eigenvalue weighted by molar-refractivity contribution is -0.174. The second-order valence-electron chi connectivity index (χ2n) is 21.5. The van der Waals surface area contributed by atoms with Crippen molar-refractivity contribution in [2.75, 3.05) is 92.2 Å². The highest BCUT2D eigenvalue weighted by atomic mass is 16.6. The number of nitrogens with one attached hydrogen (secondary N) is 7. The molecule has 0 aromatic rings. The number of urea groups is 3. The fourth-order valence-electron chi connectivity index (χ4n) is 7.50. The molecule has 13 N–H and O–H groups in total. The normalized spacial score (nSPS) is 13.8. The number of nitrogens with two attached hydrogens (primary N) is 3. The molecule has 0 aliphatic carbocycles. The van der Waals surface area contributed by atoms with E-state index in [0.29, 0.717) is 124 Å². The van der Waals surface area contributed by atoms with Gasteiger partial charge in [-0.1, -0.05) is 13.8 Å². The third-order valence-electron chi connectivity index (χ3n) is 11.0. The maximum absolute atomic E-state index is 12.1. The molecule has 2 atom stereocenters. The van der Waals surface area contributed by atoms with Crippen LogP contribution in [-0.2, 0) is 28.4 Å². The van der Waals surface area contributed by atoms with Crippen molar-refractivity contribution < 1.29 is 42.8 Å². The Morgan fingerprint density at radius 3 is 1.51 bits per heavy atom. The van der Waals surface area contributed by atoms with E-state index in [1.165, 1.54) is 0 Å². The fourth-order valence-corrected chi connectivity index (χ4v) is 7.50. The van der Waals surface area contributed by atoms with Crippen molar-refractivity contribution in [3.8, 4) is 0 Å². The molecule has 0 radical (unpaired) electrons. The van der Waals surface area contributed by atoms with Gasteiger partial charge in [-0.15, -0.1) is 0 Å². The summed E-state index contributed by atoms with van der Waals surface area (Å²) in [5, 5.41) is 20.0. The molecule has 2 unspecified atom stereocenters. The highest BCUT2D eigenvalue weighted by molar-refractivity contribution is 5.74. The van der Waals surface area contributed by atoms with Crippen LogP contribution in [0.3, 0.4) is 0 Å². The molecule has 0 saturated heterocycles. The van der Waals surface area contributed by atoms with Gasteiger partial charge in [0.2, 0.25) is 0 Å². The summed E-state index contributed by atoms with van der Waals surface area (Å²) in [6.45, 7) is 34.0. The van der Waals surface area contributed by atoms with E-state index in [2.05, 4.69) is 99.5 Å². The van der Waals surface area contributed by atoms with Crippen LogP contribution in [0.5, 0.6) is 0 Å². The van der Waals surface area contributed by atoms with E-state index in [1.54, 1.807) is 0 Å². The number of carbonyl (C=O) groups is 3. The first-order valence-corrected chi connectivity index (χ1v) is 24.9. The predicted octanol–water partition coefficient (Wildman–Crippen LogP) is 4.94. The highest BCUT2D eigenvalue weighted by Gasteiger charge is 2.35. The van der Waals surface area contributed by atoms with Crippen molar-refractivity contribution >= 4 is 18.1 Å². The van der Waals surface area contributed by atoms with Gasteiger partial charge >= 0.3 is 18.1 Å². The van der Waals surface area contributed by atoms with Crippen LogP contribution < -0.4 is 54.4 Å². The maximum Gasteiger partial charge on any atom is 0.315 e. The molecule has 0 heterocycles. The summed E-state index contributed by atoms with van der Waals surface area (Å²) in [6.07, 6.45) is 6.64. The Morgan fingerprint density at radius 1 is 0.522 bits per heavy atom. The summed E-state index contributed by atoms with van der Waals surface area (Å²) in [6, 6.07) is -0.645. The first-order valence-electron chi connectivity index (χ1n) is 24.9. The van der Waals surface area contributed by atoms with Gasteiger partial charge in [-0.2, -0.15) is 0 Å². The Labute approximate surface area is 406 Å². The third-order valence-corrected chi connectivity index (χ3v) is 11.0. The second-order valence-corrected chi connectivity index (χ2v) is 21.5. The number of ether oxygens (including phenoxy) is 6. The predicted molar refractivity (Wildman–Crippen MR) is 269 cm³/mol. The molecular formula is C48H102N10O9. The van der Waals surface area contributed by atoms with E-state index in [9.17, 15) is 14.4 Å². The lowest BCUT2D eigenvalue weighted by Gasteiger charge is -2.40. The van der Waals surface area contributed by atoms with Gasteiger partial charge in [0, 0.05) is 52.4 Å². The fraction of sp³-hybridized carbons (Fsp3) is 0.938. The average Bonchev–Trinajstić information content (AvgIpc) is 3.18. The Hall–Kier alpha value is -2.59. The minimum Gasteiger partial charge on any atom is -0.375 e. The summed E-state index contributed by atoms with van der Waals surface area (Å²) < 4.78 is 38.8. The smallest absolute Gasteiger partial charge is 0.315 e. The number of hydrogen-bond acceptors (Lipinski definition) is 13. The zero-order chi connectivity index (χ0) is 51.0. The molecule has 0 fully saturated rings. The number of rotatable bonds is 41. The molecule has 67 heavy (non-hydrogen) atoms. The summed E-state index contributed by atoms with van der Waals surface area (Å²) >= 11 is 0. The number of carbonyl (C=O) groups excluding carboxylic acids is 3. The summed E-state index contributed by atoms with van der Waals surface area (Å²) in [5.74, 6) is 0. The van der Waals surface area contributed by atoms with Gasteiger partial charge in [0.1, 0.15) is 0 Å². The van der Waals surface area contributed by atoms with E-state index in [-0.39, 0.29) is 35.7 Å². The molecule has 0 aromatic carbocycles. The van der Waals surface area contributed by atoms with Crippen LogP contribution in [0, 0.1) is 5.41 Å². The van der Waals surface area contributed by atoms with Crippen LogP contribution >= 0.6 is 0 Å². The maximum atomic E-state index is 12.1. The van der Waals surface area contributed by atoms with Crippen molar-refractivity contribution in [1.82, 2.24) is 37.2 Å². The van der Waals surface area contributed by atoms with E-state index >= 15 is 0 Å². The molecule has 6 amide bonds. The van der Waals surface area contributed by atoms with Gasteiger partial charge in [-0.3, -0.25) is 5.32 Å². The van der Waals surface area contributed by atoms with Crippen molar-refractivity contribution in [1.29, 1.82) is 0 Å². The standard InChI is InChI=1S/C48H102N10O9/c1-38(17-30-63-44(4,5)18-28-56-40(59)53-25-14-22-49)66-39(34-65-48(12,13)35-43(2,3)20-31-62-37-52-36-58-42(61)55-27-16-24-51)33-47(10,11)67-46(8,9)21-32-64-45(6,7)19-29-57-41(60)54-26-15-23-50/h38-39,52H,14-37,49-51H2,1-13H3,(H2,53,56,59)(H2,54,57,60)(H2,55,58,61). The van der Waals surface area contributed by atoms with E-state index in [0.717, 1.165) is 32.1 Å². The van der Waals surface area contributed by atoms with Gasteiger partial charge in [0.15, 0.2) is 0 Å². The van der Waals surface area contributed by atoms with Crippen molar-refractivity contribution in [3.63, 3.8) is 0 Å². The number of amides is 6. The third kappa shape index (κ3) is 37.9. The zero-order valence-corrected chi connectivity index (χ0v) is 44.5. The van der Waals surface area contributed by atoms with E-state index in [1.807, 2.05) is 27.7 Å². The van der Waals surface area contributed by atoms with Crippen LogP contribution in [0.4, 0.5) is 14.4 Å². The molecule has 19 nitrogen and oxygen atoms in total. The average molecular weight is 963 g/mol. The molecule has 0 aliphatic heterocycles. The van der Waals surface area contributed by atoms with Crippen LogP contribution in [0.15, 0.2) is 0 Å². The molecule has 0 bridgehead atoms. The lowest BCUT2D eigenvalue weighted by Crippen LogP contribution is -2.44. The van der Waals surface area contributed by atoms with Gasteiger partial charge in [-0.25, -0.2) is 14.4 Å². The molecule has 0 saturated carbocycles. The quantitative estimate of drug-likeness (QED) is 0.0288. The summed E-state index contributed by atoms with van der Waals surface area (Å²) in [4.78, 5) is 35.9. The van der Waals surface area contributed by atoms with Crippen molar-refractivity contribution in [2.24, 2.45) is 22.6 Å². The molecule has 19 heteroatoms. The van der Waals surface area contributed by atoms with Gasteiger partial charge in [-0.05, 0) is 159 Å². The molecule has 398 valence electrons. The lowest BCUT2D eigenvalue weighted by atomic mass is 9.79. The molecular weight excluding hydrogens is 861 g/mol. The SMILES string of the molecule is CC(CCOC(C)(C)CCNC(=O)NCCCN)OC(COC(C)(C)CC(C)(C)CCOCNCNC(=O)NCCCN)CC(C)(C)OC(C)(C)CCOC(C)(C)CCNC(=O)NCCCN. The van der Waals surface area contributed by atoms with Gasteiger partial charge in [0.25, 0.3) is 0 Å². The molecule has 0 rings (SSSR count). The minimum absolute atomic E-state index is 0.0825. The van der Waals surface area contributed by atoms with Gasteiger partial charge in [0.05, 0.1) is 66.8 Å². The van der Waals surface area contributed by atoms with Crippen molar-refractivity contribution in [3.05, 3.63) is 0 Å². The Morgan fingerprint density at radius 2 is 1.00 bits per heavy atom.